The van der Waals surface area contributed by atoms with Crippen LogP contribution >= 0.6 is 0 Å². The van der Waals surface area contributed by atoms with Crippen LogP contribution in [0.2, 0.25) is 0 Å². The van der Waals surface area contributed by atoms with Crippen LogP contribution in [0.5, 0.6) is 0 Å². The molecule has 3 heteroatoms. The molecule has 0 radical (unpaired) electrons. The Bertz CT molecular complexity index is 359. The summed E-state index contributed by atoms with van der Waals surface area (Å²) >= 11 is 0. The fourth-order valence-corrected chi connectivity index (χ4v) is 2.23. The number of hydrogen-bond donors (Lipinski definition) is 1. The fraction of sp³-hybridized carbons (Fsp3) is 0.615. The topological polar surface area (TPSA) is 34.1 Å². The molecule has 1 aromatic rings. The SMILES string of the molecule is Cc1ccc([C@@H](C)O[C@H]2CCNC2)c(C)n1. The van der Waals surface area contributed by atoms with Crippen LogP contribution in [0.15, 0.2) is 12.1 Å². The van der Waals surface area contributed by atoms with Gasteiger partial charge >= 0.3 is 0 Å². The van der Waals surface area contributed by atoms with Crippen molar-refractivity contribution < 1.29 is 4.74 Å². The van der Waals surface area contributed by atoms with Crippen LogP contribution in [0, 0.1) is 13.8 Å². The molecule has 0 unspecified atom stereocenters. The summed E-state index contributed by atoms with van der Waals surface area (Å²) in [5.74, 6) is 0. The minimum atomic E-state index is 0.137. The van der Waals surface area contributed by atoms with Gasteiger partial charge in [0.2, 0.25) is 0 Å². The third-order valence-corrected chi connectivity index (χ3v) is 3.12. The van der Waals surface area contributed by atoms with Crippen molar-refractivity contribution in [2.45, 2.75) is 39.4 Å². The first-order valence-corrected chi connectivity index (χ1v) is 5.97. The third kappa shape index (κ3) is 2.60. The van der Waals surface area contributed by atoms with E-state index in [1.165, 1.54) is 5.56 Å². The van der Waals surface area contributed by atoms with Crippen LogP contribution in [0.1, 0.15) is 36.4 Å². The molecule has 2 atom stereocenters. The van der Waals surface area contributed by atoms with Gasteiger partial charge in [-0.25, -0.2) is 0 Å². The Balaban J connectivity index is 2.04. The first-order valence-electron chi connectivity index (χ1n) is 5.97. The third-order valence-electron chi connectivity index (χ3n) is 3.12. The molecule has 0 spiro atoms. The van der Waals surface area contributed by atoms with E-state index in [0.717, 1.165) is 30.9 Å². The molecular weight excluding hydrogens is 200 g/mol. The van der Waals surface area contributed by atoms with Crippen LogP contribution < -0.4 is 5.32 Å². The molecular formula is C13H20N2O. The molecule has 1 fully saturated rings. The molecule has 3 nitrogen and oxygen atoms in total. The lowest BCUT2D eigenvalue weighted by Crippen LogP contribution is -2.19. The maximum absolute atomic E-state index is 6.02. The summed E-state index contributed by atoms with van der Waals surface area (Å²) in [7, 11) is 0. The molecule has 2 heterocycles. The summed E-state index contributed by atoms with van der Waals surface area (Å²) in [6.45, 7) is 8.22. The summed E-state index contributed by atoms with van der Waals surface area (Å²) < 4.78 is 6.02. The van der Waals surface area contributed by atoms with Crippen LogP contribution in [0.3, 0.4) is 0 Å². The number of ether oxygens (including phenoxy) is 1. The Labute approximate surface area is 97.2 Å². The maximum atomic E-state index is 6.02. The average molecular weight is 220 g/mol. The summed E-state index contributed by atoms with van der Waals surface area (Å²) in [4.78, 5) is 4.47. The molecule has 1 N–H and O–H groups in total. The van der Waals surface area contributed by atoms with Gasteiger partial charge in [-0.2, -0.15) is 0 Å². The van der Waals surface area contributed by atoms with Crippen molar-refractivity contribution >= 4 is 0 Å². The lowest BCUT2D eigenvalue weighted by atomic mass is 10.1. The number of aryl methyl sites for hydroxylation is 2. The quantitative estimate of drug-likeness (QED) is 0.847. The Morgan fingerprint density at radius 3 is 2.88 bits per heavy atom. The van der Waals surface area contributed by atoms with Gasteiger partial charge in [0.25, 0.3) is 0 Å². The Morgan fingerprint density at radius 2 is 2.25 bits per heavy atom. The van der Waals surface area contributed by atoms with Crippen molar-refractivity contribution in [1.82, 2.24) is 10.3 Å². The van der Waals surface area contributed by atoms with E-state index in [4.69, 9.17) is 4.74 Å². The summed E-state index contributed by atoms with van der Waals surface area (Å²) in [5.41, 5.74) is 3.35. The number of pyridine rings is 1. The summed E-state index contributed by atoms with van der Waals surface area (Å²) in [5, 5.41) is 3.31. The monoisotopic (exact) mass is 220 g/mol. The maximum Gasteiger partial charge on any atom is 0.0818 e. The summed E-state index contributed by atoms with van der Waals surface area (Å²) in [6, 6.07) is 4.18. The van der Waals surface area contributed by atoms with E-state index < -0.39 is 0 Å². The van der Waals surface area contributed by atoms with Crippen LogP contribution in [0.25, 0.3) is 0 Å². The van der Waals surface area contributed by atoms with Gasteiger partial charge in [-0.1, -0.05) is 6.07 Å². The number of nitrogens with zero attached hydrogens (tertiary/aromatic N) is 1. The highest BCUT2D eigenvalue weighted by Crippen LogP contribution is 2.22. The largest absolute Gasteiger partial charge is 0.369 e. The standard InChI is InChI=1S/C13H20N2O/c1-9-4-5-13(10(2)15-9)11(3)16-12-6-7-14-8-12/h4-5,11-12,14H,6-8H2,1-3H3/t11-,12+/m1/s1. The second-order valence-corrected chi connectivity index (χ2v) is 4.52. The van der Waals surface area contributed by atoms with Crippen LogP contribution in [-0.2, 0) is 4.74 Å². The molecule has 88 valence electrons. The van der Waals surface area contributed by atoms with E-state index >= 15 is 0 Å². The lowest BCUT2D eigenvalue weighted by Gasteiger charge is -2.19. The second kappa shape index (κ2) is 4.93. The van der Waals surface area contributed by atoms with Gasteiger partial charge in [-0.05, 0) is 39.8 Å². The van der Waals surface area contributed by atoms with Crippen molar-refractivity contribution in [2.24, 2.45) is 0 Å². The van der Waals surface area contributed by atoms with Gasteiger partial charge in [0.1, 0.15) is 0 Å². The van der Waals surface area contributed by atoms with E-state index in [1.54, 1.807) is 0 Å². The molecule has 0 amide bonds. The fourth-order valence-electron chi connectivity index (χ4n) is 2.23. The van der Waals surface area contributed by atoms with Crippen molar-refractivity contribution in [2.75, 3.05) is 13.1 Å². The predicted molar refractivity (Wildman–Crippen MR) is 64.5 cm³/mol. The number of rotatable bonds is 3. The molecule has 1 aliphatic heterocycles. The molecule has 1 aromatic heterocycles. The van der Waals surface area contributed by atoms with Crippen LogP contribution in [-0.4, -0.2) is 24.2 Å². The average Bonchev–Trinajstić information content (AvgIpc) is 2.70. The molecule has 0 aliphatic carbocycles. The molecule has 1 aliphatic rings. The zero-order chi connectivity index (χ0) is 11.5. The van der Waals surface area contributed by atoms with Gasteiger partial charge in [0, 0.05) is 23.5 Å². The van der Waals surface area contributed by atoms with Crippen LogP contribution in [0.4, 0.5) is 0 Å². The highest BCUT2D eigenvalue weighted by molar-refractivity contribution is 5.23. The lowest BCUT2D eigenvalue weighted by molar-refractivity contribution is 0.00777. The van der Waals surface area contributed by atoms with E-state index in [9.17, 15) is 0 Å². The number of hydrogen-bond acceptors (Lipinski definition) is 3. The first-order chi connectivity index (χ1) is 7.66. The normalized spacial score (nSPS) is 22.3. The predicted octanol–water partition coefficient (Wildman–Crippen LogP) is 2.14. The summed E-state index contributed by atoms with van der Waals surface area (Å²) in [6.07, 6.45) is 1.61. The second-order valence-electron chi connectivity index (χ2n) is 4.52. The molecule has 0 aromatic carbocycles. The Hall–Kier alpha value is -0.930. The minimum absolute atomic E-state index is 0.137. The van der Waals surface area contributed by atoms with E-state index in [0.29, 0.717) is 6.10 Å². The molecule has 0 saturated carbocycles. The van der Waals surface area contributed by atoms with E-state index in [-0.39, 0.29) is 6.10 Å². The molecule has 1 saturated heterocycles. The van der Waals surface area contributed by atoms with E-state index in [2.05, 4.69) is 36.3 Å². The Morgan fingerprint density at radius 1 is 1.44 bits per heavy atom. The highest BCUT2D eigenvalue weighted by Gasteiger charge is 2.19. The molecule has 0 bridgehead atoms. The van der Waals surface area contributed by atoms with Crippen molar-refractivity contribution in [3.63, 3.8) is 0 Å². The van der Waals surface area contributed by atoms with Crippen molar-refractivity contribution in [3.8, 4) is 0 Å². The molecule has 16 heavy (non-hydrogen) atoms. The van der Waals surface area contributed by atoms with Gasteiger partial charge < -0.3 is 10.1 Å². The number of aromatic nitrogens is 1. The van der Waals surface area contributed by atoms with Crippen molar-refractivity contribution in [1.29, 1.82) is 0 Å². The zero-order valence-electron chi connectivity index (χ0n) is 10.3. The number of nitrogens with one attached hydrogen (secondary N) is 1. The highest BCUT2D eigenvalue weighted by atomic mass is 16.5. The van der Waals surface area contributed by atoms with Crippen molar-refractivity contribution in [3.05, 3.63) is 29.1 Å². The van der Waals surface area contributed by atoms with Gasteiger partial charge in [0.05, 0.1) is 12.2 Å². The Kier molecular flexibility index (Phi) is 3.56. The van der Waals surface area contributed by atoms with E-state index in [1.807, 2.05) is 6.92 Å². The van der Waals surface area contributed by atoms with Gasteiger partial charge in [-0.15, -0.1) is 0 Å². The smallest absolute Gasteiger partial charge is 0.0818 e. The zero-order valence-corrected chi connectivity index (χ0v) is 10.3. The molecule has 2 rings (SSSR count). The minimum Gasteiger partial charge on any atom is -0.369 e. The van der Waals surface area contributed by atoms with Gasteiger partial charge in [-0.3, -0.25) is 4.98 Å². The first kappa shape index (κ1) is 11.6. The van der Waals surface area contributed by atoms with Gasteiger partial charge in [0.15, 0.2) is 0 Å².